The highest BCUT2D eigenvalue weighted by Gasteiger charge is 2.05. The third-order valence-electron chi connectivity index (χ3n) is 3.25. The number of allylic oxidation sites excluding steroid dienone is 4. The van der Waals surface area contributed by atoms with Crippen LogP contribution in [0.3, 0.4) is 0 Å². The van der Waals surface area contributed by atoms with Gasteiger partial charge in [-0.05, 0) is 70.7 Å². The number of hydrogen-bond acceptors (Lipinski definition) is 2. The molecule has 0 saturated heterocycles. The fraction of sp³-hybridized carbons (Fsp3) is 0.389. The topological polar surface area (TPSA) is 37.3 Å². The number of rotatable bonds is 6. The molecule has 0 aliphatic carbocycles. The van der Waals surface area contributed by atoms with E-state index >= 15 is 0 Å². The zero-order valence-corrected chi connectivity index (χ0v) is 12.9. The van der Waals surface area contributed by atoms with E-state index in [1.54, 1.807) is 18.2 Å². The lowest BCUT2D eigenvalue weighted by molar-refractivity contribution is 0.101. The highest BCUT2D eigenvalue weighted by Crippen LogP contribution is 2.20. The van der Waals surface area contributed by atoms with Crippen LogP contribution in [0.5, 0.6) is 5.75 Å². The predicted octanol–water partition coefficient (Wildman–Crippen LogP) is 4.83. The number of benzene rings is 1. The average Bonchev–Trinajstić information content (AvgIpc) is 2.37. The van der Waals surface area contributed by atoms with Gasteiger partial charge < -0.3 is 5.11 Å². The molecular weight excluding hydrogens is 248 g/mol. The smallest absolute Gasteiger partial charge is 0.159 e. The third kappa shape index (κ3) is 5.43. The summed E-state index contributed by atoms with van der Waals surface area (Å²) in [5.74, 6) is 0.277. The molecule has 0 aromatic heterocycles. The minimum absolute atomic E-state index is 0.0236. The maximum Gasteiger partial charge on any atom is 0.159 e. The van der Waals surface area contributed by atoms with E-state index in [9.17, 15) is 9.90 Å². The second kappa shape index (κ2) is 7.68. The molecule has 0 atom stereocenters. The Kier molecular flexibility index (Phi) is 6.23. The lowest BCUT2D eigenvalue weighted by Crippen LogP contribution is -1.94. The summed E-state index contributed by atoms with van der Waals surface area (Å²) in [5.41, 5.74) is 4.09. The molecule has 2 heteroatoms. The van der Waals surface area contributed by atoms with Crippen molar-refractivity contribution in [2.24, 2.45) is 0 Å². The van der Waals surface area contributed by atoms with Crippen molar-refractivity contribution in [3.05, 3.63) is 52.6 Å². The van der Waals surface area contributed by atoms with Gasteiger partial charge in [0.1, 0.15) is 5.75 Å². The molecule has 0 spiro atoms. The number of aromatic hydroxyl groups is 1. The molecule has 1 aromatic rings. The van der Waals surface area contributed by atoms with Gasteiger partial charge in [-0.2, -0.15) is 0 Å². The lowest BCUT2D eigenvalue weighted by Gasteiger charge is -2.05. The SMILES string of the molecule is CC(=O)c1ccc(O)c(C/C=C(\C)CCC=C(C)C)c1. The van der Waals surface area contributed by atoms with Gasteiger partial charge in [0, 0.05) is 5.56 Å². The molecule has 1 rings (SSSR count). The first-order chi connectivity index (χ1) is 9.40. The average molecular weight is 272 g/mol. The van der Waals surface area contributed by atoms with Crippen LogP contribution in [0.25, 0.3) is 0 Å². The van der Waals surface area contributed by atoms with E-state index in [0.29, 0.717) is 12.0 Å². The third-order valence-corrected chi connectivity index (χ3v) is 3.25. The van der Waals surface area contributed by atoms with Crippen molar-refractivity contribution in [1.82, 2.24) is 0 Å². The molecule has 0 saturated carbocycles. The Bertz CT molecular complexity index is 532. The molecule has 0 unspecified atom stereocenters. The fourth-order valence-corrected chi connectivity index (χ4v) is 1.94. The molecule has 108 valence electrons. The van der Waals surface area contributed by atoms with E-state index in [1.165, 1.54) is 18.1 Å². The summed E-state index contributed by atoms with van der Waals surface area (Å²) in [4.78, 5) is 11.3. The second-order valence-electron chi connectivity index (χ2n) is 5.47. The Balaban J connectivity index is 2.70. The first kappa shape index (κ1) is 16.2. The lowest BCUT2D eigenvalue weighted by atomic mass is 10.0. The monoisotopic (exact) mass is 272 g/mol. The molecule has 0 heterocycles. The molecular formula is C18H24O2. The number of ketones is 1. The summed E-state index contributed by atoms with van der Waals surface area (Å²) in [6.07, 6.45) is 7.08. The van der Waals surface area contributed by atoms with E-state index in [-0.39, 0.29) is 11.5 Å². The van der Waals surface area contributed by atoms with Crippen LogP contribution in [-0.4, -0.2) is 10.9 Å². The molecule has 0 aliphatic rings. The molecule has 0 amide bonds. The zero-order valence-electron chi connectivity index (χ0n) is 12.9. The number of phenolic OH excluding ortho intramolecular Hbond substituents is 1. The zero-order chi connectivity index (χ0) is 15.1. The van der Waals surface area contributed by atoms with Crippen LogP contribution in [0, 0.1) is 0 Å². The normalized spacial score (nSPS) is 11.3. The number of hydrogen-bond donors (Lipinski definition) is 1. The Hall–Kier alpha value is -1.83. The van der Waals surface area contributed by atoms with Crippen LogP contribution in [0.1, 0.15) is 56.5 Å². The summed E-state index contributed by atoms with van der Waals surface area (Å²) in [5, 5.41) is 9.83. The highest BCUT2D eigenvalue weighted by atomic mass is 16.3. The highest BCUT2D eigenvalue weighted by molar-refractivity contribution is 5.94. The van der Waals surface area contributed by atoms with E-state index in [4.69, 9.17) is 0 Å². The number of Topliss-reactive ketones (excluding diaryl/α,β-unsaturated/α-hetero) is 1. The van der Waals surface area contributed by atoms with Gasteiger partial charge in [-0.25, -0.2) is 0 Å². The Labute approximate surface area is 121 Å². The van der Waals surface area contributed by atoms with E-state index in [1.807, 2.05) is 0 Å². The molecule has 20 heavy (non-hydrogen) atoms. The van der Waals surface area contributed by atoms with Gasteiger partial charge in [0.05, 0.1) is 0 Å². The van der Waals surface area contributed by atoms with Crippen LogP contribution in [-0.2, 0) is 6.42 Å². The summed E-state index contributed by atoms with van der Waals surface area (Å²) in [6.45, 7) is 7.84. The molecule has 0 aliphatic heterocycles. The predicted molar refractivity (Wildman–Crippen MR) is 84.2 cm³/mol. The number of carbonyl (C=O) groups is 1. The van der Waals surface area contributed by atoms with Crippen LogP contribution < -0.4 is 0 Å². The fourth-order valence-electron chi connectivity index (χ4n) is 1.94. The Morgan fingerprint density at radius 1 is 1.15 bits per heavy atom. The van der Waals surface area contributed by atoms with Gasteiger partial charge in [0.2, 0.25) is 0 Å². The van der Waals surface area contributed by atoms with Gasteiger partial charge in [-0.3, -0.25) is 4.79 Å². The molecule has 2 nitrogen and oxygen atoms in total. The van der Waals surface area contributed by atoms with Crippen LogP contribution in [0.2, 0.25) is 0 Å². The van der Waals surface area contributed by atoms with Gasteiger partial charge in [0.25, 0.3) is 0 Å². The van der Waals surface area contributed by atoms with Gasteiger partial charge in [-0.15, -0.1) is 0 Å². The van der Waals surface area contributed by atoms with Crippen molar-refractivity contribution < 1.29 is 9.90 Å². The summed E-state index contributed by atoms with van der Waals surface area (Å²) >= 11 is 0. The maximum atomic E-state index is 11.3. The van der Waals surface area contributed by atoms with Gasteiger partial charge >= 0.3 is 0 Å². The van der Waals surface area contributed by atoms with Crippen LogP contribution in [0.4, 0.5) is 0 Å². The molecule has 0 bridgehead atoms. The van der Waals surface area contributed by atoms with Crippen molar-refractivity contribution >= 4 is 5.78 Å². The minimum atomic E-state index is 0.0236. The largest absolute Gasteiger partial charge is 0.508 e. The Morgan fingerprint density at radius 3 is 2.45 bits per heavy atom. The van der Waals surface area contributed by atoms with Crippen molar-refractivity contribution in [2.75, 3.05) is 0 Å². The number of phenols is 1. The summed E-state index contributed by atoms with van der Waals surface area (Å²) in [6, 6.07) is 5.03. The summed E-state index contributed by atoms with van der Waals surface area (Å²) < 4.78 is 0. The maximum absolute atomic E-state index is 11.3. The minimum Gasteiger partial charge on any atom is -0.508 e. The molecule has 0 fully saturated rings. The van der Waals surface area contributed by atoms with Crippen molar-refractivity contribution in [3.63, 3.8) is 0 Å². The molecule has 0 radical (unpaired) electrons. The number of carbonyl (C=O) groups excluding carboxylic acids is 1. The van der Waals surface area contributed by atoms with Crippen molar-refractivity contribution in [2.45, 2.75) is 47.0 Å². The molecule has 1 aromatic carbocycles. The first-order valence-corrected chi connectivity index (χ1v) is 7.02. The van der Waals surface area contributed by atoms with Gasteiger partial charge in [0.15, 0.2) is 5.78 Å². The van der Waals surface area contributed by atoms with E-state index in [2.05, 4.69) is 32.9 Å². The second-order valence-corrected chi connectivity index (χ2v) is 5.47. The standard InChI is InChI=1S/C18H24O2/c1-13(2)6-5-7-14(3)8-9-17-12-16(15(4)19)10-11-18(17)20/h6,8,10-12,20H,5,7,9H2,1-4H3/b14-8+. The quantitative estimate of drug-likeness (QED) is 0.595. The van der Waals surface area contributed by atoms with E-state index < -0.39 is 0 Å². The first-order valence-electron chi connectivity index (χ1n) is 7.02. The van der Waals surface area contributed by atoms with Crippen molar-refractivity contribution in [1.29, 1.82) is 0 Å². The Morgan fingerprint density at radius 2 is 1.85 bits per heavy atom. The van der Waals surface area contributed by atoms with Crippen LogP contribution >= 0.6 is 0 Å². The van der Waals surface area contributed by atoms with Gasteiger partial charge in [-0.1, -0.05) is 23.3 Å². The van der Waals surface area contributed by atoms with E-state index in [0.717, 1.165) is 18.4 Å². The molecule has 1 N–H and O–H groups in total. The van der Waals surface area contributed by atoms with Crippen LogP contribution in [0.15, 0.2) is 41.5 Å². The summed E-state index contributed by atoms with van der Waals surface area (Å²) in [7, 11) is 0. The van der Waals surface area contributed by atoms with Crippen molar-refractivity contribution in [3.8, 4) is 5.75 Å².